The molecule has 0 aliphatic carbocycles. The predicted molar refractivity (Wildman–Crippen MR) is 76.6 cm³/mol. The zero-order valence-electron chi connectivity index (χ0n) is 11.4. The number of hydrogen-bond donors (Lipinski definition) is 0. The zero-order valence-corrected chi connectivity index (χ0v) is 11.4. The summed E-state index contributed by atoms with van der Waals surface area (Å²) in [6.45, 7) is 4.61. The third-order valence-electron chi connectivity index (χ3n) is 2.76. The van der Waals surface area contributed by atoms with E-state index in [0.717, 1.165) is 11.3 Å². The van der Waals surface area contributed by atoms with Gasteiger partial charge in [-0.2, -0.15) is 0 Å². The second-order valence-electron chi connectivity index (χ2n) is 4.35. The van der Waals surface area contributed by atoms with Crippen LogP contribution in [-0.2, 0) is 6.54 Å². The summed E-state index contributed by atoms with van der Waals surface area (Å²) in [5.41, 5.74) is 1.03. The molecule has 0 bridgehead atoms. The molecule has 1 aromatic carbocycles. The summed E-state index contributed by atoms with van der Waals surface area (Å²) in [6.07, 6.45) is 6.40. The summed E-state index contributed by atoms with van der Waals surface area (Å²) in [5, 5.41) is 0. The average Bonchev–Trinajstić information content (AvgIpc) is 3.00. The lowest BCUT2D eigenvalue weighted by Gasteiger charge is -2.17. The number of aromatic nitrogens is 2. The number of nitrogens with zero attached hydrogens (tertiary/aromatic N) is 3. The van der Waals surface area contributed by atoms with Gasteiger partial charge in [-0.25, -0.2) is 9.78 Å². The molecule has 0 unspecified atom stereocenters. The Morgan fingerprint density at radius 3 is 2.80 bits per heavy atom. The lowest BCUT2D eigenvalue weighted by atomic mass is 10.2. The molecule has 5 nitrogen and oxygen atoms in total. The molecule has 0 spiro atoms. The van der Waals surface area contributed by atoms with E-state index in [-0.39, 0.29) is 6.03 Å². The first kappa shape index (κ1) is 13.9. The SMILES string of the molecule is C=CCOc1ccc(CN(C)C(=O)n2ccnc2)cc1. The van der Waals surface area contributed by atoms with Gasteiger partial charge in [0.05, 0.1) is 0 Å². The summed E-state index contributed by atoms with van der Waals surface area (Å²) in [7, 11) is 1.75. The second kappa shape index (κ2) is 6.56. The van der Waals surface area contributed by atoms with E-state index >= 15 is 0 Å². The largest absolute Gasteiger partial charge is 0.490 e. The molecule has 2 aromatic rings. The predicted octanol–water partition coefficient (Wildman–Crippen LogP) is 2.55. The monoisotopic (exact) mass is 271 g/mol. The molecule has 2 rings (SSSR count). The highest BCUT2D eigenvalue weighted by Crippen LogP contribution is 2.13. The second-order valence-corrected chi connectivity index (χ2v) is 4.35. The van der Waals surface area contributed by atoms with E-state index in [0.29, 0.717) is 13.2 Å². The van der Waals surface area contributed by atoms with Crippen molar-refractivity contribution in [2.45, 2.75) is 6.54 Å². The van der Waals surface area contributed by atoms with Gasteiger partial charge in [0.1, 0.15) is 18.7 Å². The summed E-state index contributed by atoms with van der Waals surface area (Å²) < 4.78 is 6.86. The minimum Gasteiger partial charge on any atom is -0.490 e. The van der Waals surface area contributed by atoms with Gasteiger partial charge in [-0.15, -0.1) is 0 Å². The number of carbonyl (C=O) groups excluding carboxylic acids is 1. The Kier molecular flexibility index (Phi) is 4.55. The number of benzene rings is 1. The summed E-state index contributed by atoms with van der Waals surface area (Å²) in [6, 6.07) is 7.53. The molecule has 0 aliphatic heterocycles. The van der Waals surface area contributed by atoms with Gasteiger partial charge < -0.3 is 9.64 Å². The van der Waals surface area contributed by atoms with Crippen molar-refractivity contribution < 1.29 is 9.53 Å². The number of ether oxygens (including phenoxy) is 1. The van der Waals surface area contributed by atoms with Crippen LogP contribution in [0.3, 0.4) is 0 Å². The Morgan fingerprint density at radius 2 is 2.20 bits per heavy atom. The van der Waals surface area contributed by atoms with E-state index in [1.165, 1.54) is 10.9 Å². The normalized spacial score (nSPS) is 10.1. The van der Waals surface area contributed by atoms with Gasteiger partial charge in [0, 0.05) is 26.0 Å². The van der Waals surface area contributed by atoms with Crippen molar-refractivity contribution in [2.75, 3.05) is 13.7 Å². The fourth-order valence-corrected chi connectivity index (χ4v) is 1.76. The Bertz CT molecular complexity index is 561. The maximum absolute atomic E-state index is 12.0. The van der Waals surface area contributed by atoms with Crippen molar-refractivity contribution in [2.24, 2.45) is 0 Å². The van der Waals surface area contributed by atoms with Crippen molar-refractivity contribution in [3.8, 4) is 5.75 Å². The molecule has 0 radical (unpaired) electrons. The maximum atomic E-state index is 12.0. The molecule has 0 saturated heterocycles. The standard InChI is InChI=1S/C15H17N3O2/c1-3-10-20-14-6-4-13(5-7-14)11-17(2)15(19)18-9-8-16-12-18/h3-9,12H,1,10-11H2,2H3. The Labute approximate surface area is 118 Å². The van der Waals surface area contributed by atoms with E-state index in [2.05, 4.69) is 11.6 Å². The van der Waals surface area contributed by atoms with E-state index in [9.17, 15) is 4.79 Å². The van der Waals surface area contributed by atoms with Crippen LogP contribution < -0.4 is 4.74 Å². The Morgan fingerprint density at radius 1 is 1.45 bits per heavy atom. The van der Waals surface area contributed by atoms with Crippen molar-refractivity contribution in [3.05, 3.63) is 61.2 Å². The van der Waals surface area contributed by atoms with E-state index in [4.69, 9.17) is 4.74 Å². The van der Waals surface area contributed by atoms with Crippen molar-refractivity contribution >= 4 is 6.03 Å². The van der Waals surface area contributed by atoms with Crippen LogP contribution in [0.15, 0.2) is 55.6 Å². The zero-order chi connectivity index (χ0) is 14.4. The lowest BCUT2D eigenvalue weighted by Crippen LogP contribution is -2.29. The van der Waals surface area contributed by atoms with Gasteiger partial charge in [-0.3, -0.25) is 4.57 Å². The summed E-state index contributed by atoms with van der Waals surface area (Å²) in [5.74, 6) is 0.789. The number of rotatable bonds is 5. The molecule has 1 amide bonds. The van der Waals surface area contributed by atoms with Crippen LogP contribution in [0, 0.1) is 0 Å². The van der Waals surface area contributed by atoms with Crippen LogP contribution in [-0.4, -0.2) is 34.1 Å². The molecule has 1 heterocycles. The molecule has 0 atom stereocenters. The number of amides is 1. The molecule has 20 heavy (non-hydrogen) atoms. The van der Waals surface area contributed by atoms with Crippen molar-refractivity contribution in [3.63, 3.8) is 0 Å². The van der Waals surface area contributed by atoms with E-state index in [1.54, 1.807) is 30.4 Å². The Hall–Kier alpha value is -2.56. The minimum atomic E-state index is -0.116. The van der Waals surface area contributed by atoms with Crippen molar-refractivity contribution in [1.82, 2.24) is 14.5 Å². The van der Waals surface area contributed by atoms with E-state index < -0.39 is 0 Å². The topological polar surface area (TPSA) is 47.4 Å². The van der Waals surface area contributed by atoms with Gasteiger partial charge in [0.2, 0.25) is 0 Å². The van der Waals surface area contributed by atoms with Gasteiger partial charge >= 0.3 is 6.03 Å². The van der Waals surface area contributed by atoms with Crippen LogP contribution in [0.1, 0.15) is 5.56 Å². The molecule has 0 N–H and O–H groups in total. The highest BCUT2D eigenvalue weighted by Gasteiger charge is 2.10. The van der Waals surface area contributed by atoms with Crippen molar-refractivity contribution in [1.29, 1.82) is 0 Å². The molecule has 0 saturated carbocycles. The number of hydrogen-bond acceptors (Lipinski definition) is 3. The van der Waals surface area contributed by atoms with Gasteiger partial charge in [-0.1, -0.05) is 24.8 Å². The highest BCUT2D eigenvalue weighted by atomic mass is 16.5. The van der Waals surface area contributed by atoms with Crippen LogP contribution in [0.4, 0.5) is 4.79 Å². The first-order valence-electron chi connectivity index (χ1n) is 6.27. The first-order valence-corrected chi connectivity index (χ1v) is 6.27. The van der Waals surface area contributed by atoms with Crippen LogP contribution >= 0.6 is 0 Å². The highest BCUT2D eigenvalue weighted by molar-refractivity contribution is 5.76. The molecule has 0 fully saturated rings. The first-order chi connectivity index (χ1) is 9.70. The van der Waals surface area contributed by atoms with Gasteiger partial charge in [0.25, 0.3) is 0 Å². The quantitative estimate of drug-likeness (QED) is 0.785. The summed E-state index contributed by atoms with van der Waals surface area (Å²) in [4.78, 5) is 17.5. The molecule has 0 aliphatic rings. The molecule has 1 aromatic heterocycles. The van der Waals surface area contributed by atoms with Gasteiger partial charge in [-0.05, 0) is 17.7 Å². The average molecular weight is 271 g/mol. The Balaban J connectivity index is 1.95. The smallest absolute Gasteiger partial charge is 0.329 e. The van der Waals surface area contributed by atoms with Crippen LogP contribution in [0.5, 0.6) is 5.75 Å². The van der Waals surface area contributed by atoms with E-state index in [1.807, 2.05) is 24.3 Å². The molecular formula is C15H17N3O2. The molecular weight excluding hydrogens is 254 g/mol. The molecule has 104 valence electrons. The number of imidazole rings is 1. The lowest BCUT2D eigenvalue weighted by molar-refractivity contribution is 0.208. The molecule has 5 heteroatoms. The minimum absolute atomic E-state index is 0.116. The van der Waals surface area contributed by atoms with Crippen LogP contribution in [0.25, 0.3) is 0 Å². The van der Waals surface area contributed by atoms with Crippen LogP contribution in [0.2, 0.25) is 0 Å². The number of carbonyl (C=O) groups is 1. The third kappa shape index (κ3) is 3.47. The fourth-order valence-electron chi connectivity index (χ4n) is 1.76. The summed E-state index contributed by atoms with van der Waals surface area (Å²) >= 11 is 0. The third-order valence-corrected chi connectivity index (χ3v) is 2.76. The fraction of sp³-hybridized carbons (Fsp3) is 0.200. The van der Waals surface area contributed by atoms with Gasteiger partial charge in [0.15, 0.2) is 0 Å². The maximum Gasteiger partial charge on any atom is 0.329 e.